The molecule has 1 amide bonds. The fourth-order valence-corrected chi connectivity index (χ4v) is 2.97. The zero-order valence-corrected chi connectivity index (χ0v) is 12.9. The van der Waals surface area contributed by atoms with E-state index in [0.717, 1.165) is 22.0 Å². The Labute approximate surface area is 126 Å². The smallest absolute Gasteiger partial charge is 0.306 e. The number of nitrogens with one attached hydrogen (secondary N) is 1. The summed E-state index contributed by atoms with van der Waals surface area (Å²) in [5, 5.41) is 11.9. The van der Waals surface area contributed by atoms with E-state index in [9.17, 15) is 9.59 Å². The molecule has 0 aliphatic heterocycles. The zero-order chi connectivity index (χ0) is 14.7. The monoisotopic (exact) mass is 339 g/mol. The largest absolute Gasteiger partial charge is 0.481 e. The number of carbonyl (C=O) groups excluding carboxylic acids is 1. The Kier molecular flexibility index (Phi) is 4.81. The van der Waals surface area contributed by atoms with E-state index in [0.29, 0.717) is 19.3 Å². The van der Waals surface area contributed by atoms with Gasteiger partial charge in [-0.2, -0.15) is 0 Å². The summed E-state index contributed by atoms with van der Waals surface area (Å²) in [4.78, 5) is 22.8. The van der Waals surface area contributed by atoms with Gasteiger partial charge in [-0.15, -0.1) is 0 Å². The van der Waals surface area contributed by atoms with Gasteiger partial charge in [-0.25, -0.2) is 0 Å². The molecule has 2 atom stereocenters. The van der Waals surface area contributed by atoms with Crippen LogP contribution < -0.4 is 5.32 Å². The minimum Gasteiger partial charge on any atom is -0.481 e. The summed E-state index contributed by atoms with van der Waals surface area (Å²) < 4.78 is 0.995. The minimum atomic E-state index is -0.760. The van der Waals surface area contributed by atoms with Crippen LogP contribution in [0.25, 0.3) is 0 Å². The van der Waals surface area contributed by atoms with Crippen molar-refractivity contribution in [3.63, 3.8) is 0 Å². The first kappa shape index (κ1) is 15.0. The summed E-state index contributed by atoms with van der Waals surface area (Å²) in [6, 6.07) is 5.86. The number of benzene rings is 1. The van der Waals surface area contributed by atoms with Gasteiger partial charge in [0, 0.05) is 10.5 Å². The number of aryl methyl sites for hydroxylation is 1. The van der Waals surface area contributed by atoms with Crippen molar-refractivity contribution >= 4 is 27.8 Å². The van der Waals surface area contributed by atoms with Gasteiger partial charge >= 0.3 is 5.97 Å². The second kappa shape index (κ2) is 6.39. The summed E-state index contributed by atoms with van der Waals surface area (Å²) >= 11 is 3.45. The molecule has 4 nitrogen and oxygen atoms in total. The number of carboxylic acids is 1. The van der Waals surface area contributed by atoms with Gasteiger partial charge in [0.25, 0.3) is 0 Å². The predicted molar refractivity (Wildman–Crippen MR) is 79.5 cm³/mol. The fraction of sp³-hybridized carbons (Fsp3) is 0.467. The maximum Gasteiger partial charge on any atom is 0.306 e. The number of amides is 1. The van der Waals surface area contributed by atoms with Crippen LogP contribution in [0.3, 0.4) is 0 Å². The minimum absolute atomic E-state index is 0.00232. The molecule has 20 heavy (non-hydrogen) atoms. The third-order valence-electron chi connectivity index (χ3n) is 3.75. The van der Waals surface area contributed by atoms with Gasteiger partial charge in [0.1, 0.15) is 0 Å². The van der Waals surface area contributed by atoms with Crippen molar-refractivity contribution in [3.05, 3.63) is 33.8 Å². The van der Waals surface area contributed by atoms with E-state index in [1.807, 2.05) is 25.1 Å². The lowest BCUT2D eigenvalue weighted by molar-refractivity contribution is -0.141. The van der Waals surface area contributed by atoms with Crippen molar-refractivity contribution in [2.24, 2.45) is 5.92 Å². The van der Waals surface area contributed by atoms with Crippen LogP contribution in [0.15, 0.2) is 22.7 Å². The second-order valence-electron chi connectivity index (χ2n) is 5.37. The lowest BCUT2D eigenvalue weighted by Crippen LogP contribution is -2.34. The molecule has 1 fully saturated rings. The van der Waals surface area contributed by atoms with Crippen molar-refractivity contribution in [1.82, 2.24) is 5.32 Å². The molecule has 108 valence electrons. The summed E-state index contributed by atoms with van der Waals surface area (Å²) in [6.07, 6.45) is 2.27. The highest BCUT2D eigenvalue weighted by atomic mass is 79.9. The molecule has 1 aromatic carbocycles. The SMILES string of the molecule is Cc1ccc(CC(=O)N[C@H]2CC[C@@H](C(=O)O)C2)cc1Br. The molecular weight excluding hydrogens is 322 g/mol. The van der Waals surface area contributed by atoms with Crippen molar-refractivity contribution in [3.8, 4) is 0 Å². The third kappa shape index (κ3) is 3.82. The first-order chi connectivity index (χ1) is 9.45. The van der Waals surface area contributed by atoms with E-state index >= 15 is 0 Å². The maximum atomic E-state index is 12.0. The summed E-state index contributed by atoms with van der Waals surface area (Å²) in [7, 11) is 0. The molecule has 0 unspecified atom stereocenters. The average molecular weight is 340 g/mol. The van der Waals surface area contributed by atoms with Gasteiger partial charge in [0.05, 0.1) is 12.3 Å². The normalized spacial score (nSPS) is 21.7. The van der Waals surface area contributed by atoms with Crippen LogP contribution in [0.1, 0.15) is 30.4 Å². The van der Waals surface area contributed by atoms with E-state index < -0.39 is 5.97 Å². The van der Waals surface area contributed by atoms with Gasteiger partial charge in [-0.1, -0.05) is 28.1 Å². The highest BCUT2D eigenvalue weighted by molar-refractivity contribution is 9.10. The number of carboxylic acid groups (broad SMARTS) is 1. The number of rotatable bonds is 4. The molecule has 0 saturated heterocycles. The van der Waals surface area contributed by atoms with E-state index in [4.69, 9.17) is 5.11 Å². The van der Waals surface area contributed by atoms with Crippen LogP contribution in [-0.4, -0.2) is 23.0 Å². The van der Waals surface area contributed by atoms with Crippen LogP contribution in [0, 0.1) is 12.8 Å². The molecule has 0 spiro atoms. The predicted octanol–water partition coefficient (Wildman–Crippen LogP) is 2.67. The van der Waals surface area contributed by atoms with Crippen LogP contribution in [-0.2, 0) is 16.0 Å². The lowest BCUT2D eigenvalue weighted by atomic mass is 10.1. The maximum absolute atomic E-state index is 12.0. The summed E-state index contributed by atoms with van der Waals surface area (Å²) in [5.41, 5.74) is 2.09. The van der Waals surface area contributed by atoms with Gasteiger partial charge in [0.15, 0.2) is 0 Å². The van der Waals surface area contributed by atoms with E-state index in [1.165, 1.54) is 0 Å². The molecule has 0 heterocycles. The van der Waals surface area contributed by atoms with Crippen LogP contribution in [0.2, 0.25) is 0 Å². The van der Waals surface area contributed by atoms with E-state index in [2.05, 4.69) is 21.2 Å². The average Bonchev–Trinajstić information content (AvgIpc) is 2.82. The van der Waals surface area contributed by atoms with Gasteiger partial charge in [-0.05, 0) is 43.4 Å². The Morgan fingerprint density at radius 1 is 1.40 bits per heavy atom. The zero-order valence-electron chi connectivity index (χ0n) is 11.4. The first-order valence-electron chi connectivity index (χ1n) is 6.73. The topological polar surface area (TPSA) is 66.4 Å². The summed E-state index contributed by atoms with van der Waals surface area (Å²) in [5.74, 6) is -1.12. The Bertz CT molecular complexity index is 530. The van der Waals surface area contributed by atoms with Crippen molar-refractivity contribution in [2.45, 2.75) is 38.6 Å². The molecule has 1 aliphatic rings. The molecule has 5 heteroatoms. The van der Waals surface area contributed by atoms with Gasteiger partial charge < -0.3 is 10.4 Å². The number of hydrogen-bond acceptors (Lipinski definition) is 2. The summed E-state index contributed by atoms with van der Waals surface area (Å²) in [6.45, 7) is 2.00. The molecule has 1 aromatic rings. The van der Waals surface area contributed by atoms with Crippen molar-refractivity contribution in [1.29, 1.82) is 0 Å². The number of aliphatic carboxylic acids is 1. The lowest BCUT2D eigenvalue weighted by Gasteiger charge is -2.12. The Hall–Kier alpha value is -1.36. The number of halogens is 1. The van der Waals surface area contributed by atoms with E-state index in [-0.39, 0.29) is 17.9 Å². The molecule has 1 saturated carbocycles. The quantitative estimate of drug-likeness (QED) is 0.886. The van der Waals surface area contributed by atoms with Gasteiger partial charge in [-0.3, -0.25) is 9.59 Å². The molecule has 0 aromatic heterocycles. The number of hydrogen-bond donors (Lipinski definition) is 2. The van der Waals surface area contributed by atoms with Crippen molar-refractivity contribution in [2.75, 3.05) is 0 Å². The molecule has 0 radical (unpaired) electrons. The highest BCUT2D eigenvalue weighted by Crippen LogP contribution is 2.25. The first-order valence-corrected chi connectivity index (χ1v) is 7.52. The highest BCUT2D eigenvalue weighted by Gasteiger charge is 2.30. The van der Waals surface area contributed by atoms with Crippen molar-refractivity contribution < 1.29 is 14.7 Å². The third-order valence-corrected chi connectivity index (χ3v) is 4.60. The molecule has 1 aliphatic carbocycles. The number of carbonyl (C=O) groups is 2. The fourth-order valence-electron chi connectivity index (χ4n) is 2.55. The molecular formula is C15H18BrNO3. The molecule has 0 bridgehead atoms. The second-order valence-corrected chi connectivity index (χ2v) is 6.23. The Balaban J connectivity index is 1.87. The molecule has 2 rings (SSSR count). The standard InChI is InChI=1S/C15H18BrNO3/c1-9-2-3-10(6-13(9)16)7-14(18)17-12-5-4-11(8-12)15(19)20/h2-3,6,11-12H,4-5,7-8H2,1H3,(H,17,18)(H,19,20)/t11-,12+/m1/s1. The van der Waals surface area contributed by atoms with Crippen LogP contribution in [0.5, 0.6) is 0 Å². The molecule has 2 N–H and O–H groups in total. The van der Waals surface area contributed by atoms with Gasteiger partial charge in [0.2, 0.25) is 5.91 Å². The van der Waals surface area contributed by atoms with Crippen LogP contribution in [0.4, 0.5) is 0 Å². The van der Waals surface area contributed by atoms with E-state index in [1.54, 1.807) is 0 Å². The van der Waals surface area contributed by atoms with Crippen LogP contribution >= 0.6 is 15.9 Å². The Morgan fingerprint density at radius 2 is 2.15 bits per heavy atom. The Morgan fingerprint density at radius 3 is 2.75 bits per heavy atom.